The predicted molar refractivity (Wildman–Crippen MR) is 92.3 cm³/mol. The lowest BCUT2D eigenvalue weighted by atomic mass is 9.95. The van der Waals surface area contributed by atoms with E-state index >= 15 is 0 Å². The number of hydrogen-bond acceptors (Lipinski definition) is 3. The Morgan fingerprint density at radius 3 is 3.08 bits per heavy atom. The normalized spacial score (nSPS) is 21.1. The van der Waals surface area contributed by atoms with Crippen LogP contribution in [-0.2, 0) is 18.4 Å². The molecule has 3 N–H and O–H groups in total. The van der Waals surface area contributed by atoms with Gasteiger partial charge in [0.05, 0.1) is 11.7 Å². The number of carbonyl (C=O) groups is 1. The molecule has 6 nitrogen and oxygen atoms in total. The van der Waals surface area contributed by atoms with Crippen molar-refractivity contribution in [2.24, 2.45) is 7.05 Å². The van der Waals surface area contributed by atoms with Crippen molar-refractivity contribution in [3.63, 3.8) is 0 Å². The molecular weight excluding hydrogens is 302 g/mol. The van der Waals surface area contributed by atoms with Crippen molar-refractivity contribution in [2.75, 3.05) is 0 Å². The number of carbonyl (C=O) groups excluding carboxylic acids is 1. The van der Waals surface area contributed by atoms with Gasteiger partial charge in [0, 0.05) is 44.0 Å². The third-order valence-corrected chi connectivity index (χ3v) is 4.81. The van der Waals surface area contributed by atoms with Crippen molar-refractivity contribution in [1.82, 2.24) is 25.4 Å². The van der Waals surface area contributed by atoms with E-state index in [0.29, 0.717) is 6.42 Å². The molecular formula is C18H21N5O. The van der Waals surface area contributed by atoms with Gasteiger partial charge in [-0.1, -0.05) is 18.2 Å². The van der Waals surface area contributed by atoms with E-state index < -0.39 is 0 Å². The number of aromatic amines is 1. The van der Waals surface area contributed by atoms with Gasteiger partial charge in [0.25, 0.3) is 0 Å². The van der Waals surface area contributed by atoms with Crippen LogP contribution in [0.25, 0.3) is 10.9 Å². The van der Waals surface area contributed by atoms with Crippen LogP contribution >= 0.6 is 0 Å². The number of amides is 1. The molecule has 0 aliphatic carbocycles. The Bertz CT molecular complexity index is 865. The van der Waals surface area contributed by atoms with Crippen molar-refractivity contribution in [1.29, 1.82) is 0 Å². The maximum Gasteiger partial charge on any atom is 0.220 e. The number of aromatic nitrogens is 3. The second-order valence-electron chi connectivity index (χ2n) is 6.31. The molecule has 1 amide bonds. The van der Waals surface area contributed by atoms with Crippen molar-refractivity contribution in [3.05, 3.63) is 54.0 Å². The predicted octanol–water partition coefficient (Wildman–Crippen LogP) is 2.01. The summed E-state index contributed by atoms with van der Waals surface area (Å²) >= 11 is 0. The highest BCUT2D eigenvalue weighted by Gasteiger charge is 2.31. The molecule has 0 radical (unpaired) electrons. The Morgan fingerprint density at radius 2 is 2.25 bits per heavy atom. The molecule has 1 aromatic carbocycles. The molecule has 0 spiro atoms. The maximum absolute atomic E-state index is 11.9. The van der Waals surface area contributed by atoms with Gasteiger partial charge in [0.1, 0.15) is 0 Å². The number of fused-ring (bicyclic) bond motifs is 1. The van der Waals surface area contributed by atoms with Gasteiger partial charge >= 0.3 is 0 Å². The lowest BCUT2D eigenvalue weighted by Crippen LogP contribution is -2.48. The Kier molecular flexibility index (Phi) is 3.82. The van der Waals surface area contributed by atoms with Gasteiger partial charge in [-0.2, -0.15) is 5.10 Å². The van der Waals surface area contributed by atoms with Gasteiger partial charge in [-0.05, 0) is 29.5 Å². The van der Waals surface area contributed by atoms with Crippen LogP contribution in [0.4, 0.5) is 0 Å². The Morgan fingerprint density at radius 1 is 1.33 bits per heavy atom. The summed E-state index contributed by atoms with van der Waals surface area (Å²) in [5.41, 5.74) is 3.43. The summed E-state index contributed by atoms with van der Waals surface area (Å²) in [6.45, 7) is 0.757. The molecule has 2 aromatic heterocycles. The lowest BCUT2D eigenvalue weighted by Gasteiger charge is -2.33. The summed E-state index contributed by atoms with van der Waals surface area (Å²) in [5.74, 6) is 0.103. The van der Waals surface area contributed by atoms with Crippen LogP contribution < -0.4 is 10.6 Å². The summed E-state index contributed by atoms with van der Waals surface area (Å²) in [6, 6.07) is 10.5. The lowest BCUT2D eigenvalue weighted by molar-refractivity contribution is -0.124. The Hall–Kier alpha value is -2.60. The van der Waals surface area contributed by atoms with Crippen LogP contribution in [0.15, 0.2) is 42.7 Å². The molecule has 124 valence electrons. The van der Waals surface area contributed by atoms with Crippen LogP contribution in [0.2, 0.25) is 0 Å². The number of aryl methyl sites for hydroxylation is 1. The minimum absolute atomic E-state index is 0.0541. The van der Waals surface area contributed by atoms with Crippen LogP contribution in [0.5, 0.6) is 0 Å². The number of para-hydroxylation sites is 1. The number of hydrogen-bond donors (Lipinski definition) is 3. The molecule has 1 fully saturated rings. The molecule has 0 saturated carbocycles. The molecule has 1 aliphatic heterocycles. The number of H-pyrrole nitrogens is 1. The fourth-order valence-corrected chi connectivity index (χ4v) is 3.53. The molecule has 0 unspecified atom stereocenters. The van der Waals surface area contributed by atoms with Crippen LogP contribution in [-0.4, -0.2) is 26.7 Å². The third-order valence-electron chi connectivity index (χ3n) is 4.81. The second kappa shape index (κ2) is 6.13. The van der Waals surface area contributed by atoms with E-state index in [1.165, 1.54) is 16.5 Å². The molecule has 2 atom stereocenters. The highest BCUT2D eigenvalue weighted by molar-refractivity contribution is 5.82. The first-order valence-corrected chi connectivity index (χ1v) is 8.28. The van der Waals surface area contributed by atoms with Crippen molar-refractivity contribution in [2.45, 2.75) is 31.5 Å². The van der Waals surface area contributed by atoms with E-state index in [4.69, 9.17) is 0 Å². The zero-order valence-electron chi connectivity index (χ0n) is 13.6. The zero-order chi connectivity index (χ0) is 16.5. The van der Waals surface area contributed by atoms with Crippen LogP contribution in [0.1, 0.15) is 30.1 Å². The molecule has 3 aromatic rings. The average molecular weight is 323 g/mol. The first-order valence-electron chi connectivity index (χ1n) is 8.28. The Balaban J connectivity index is 1.55. The van der Waals surface area contributed by atoms with Gasteiger partial charge in [0.2, 0.25) is 5.91 Å². The third kappa shape index (κ3) is 2.69. The Labute approximate surface area is 140 Å². The van der Waals surface area contributed by atoms with Gasteiger partial charge in [0.15, 0.2) is 0 Å². The molecule has 3 heterocycles. The van der Waals surface area contributed by atoms with E-state index in [-0.39, 0.29) is 18.0 Å². The highest BCUT2D eigenvalue weighted by Crippen LogP contribution is 2.25. The standard InChI is InChI=1S/C18H21N5O/c1-23-15(8-10-21-23)18-14(5-6-16(24)22-18)20-11-13-4-2-3-12-7-9-19-17(12)13/h2-4,7-10,14,18-20H,5-6,11H2,1H3,(H,22,24)/t14-,18-/m1/s1. The minimum Gasteiger partial charge on any atom is -0.361 e. The number of nitrogens with zero attached hydrogens (tertiary/aromatic N) is 2. The van der Waals surface area contributed by atoms with Crippen LogP contribution in [0, 0.1) is 0 Å². The molecule has 1 saturated heterocycles. The molecule has 4 rings (SSSR count). The maximum atomic E-state index is 11.9. The summed E-state index contributed by atoms with van der Waals surface area (Å²) in [4.78, 5) is 15.2. The summed E-state index contributed by atoms with van der Waals surface area (Å²) < 4.78 is 1.83. The minimum atomic E-state index is -0.0541. The topological polar surface area (TPSA) is 74.7 Å². The number of benzene rings is 1. The van der Waals surface area contributed by atoms with Gasteiger partial charge in [-0.3, -0.25) is 9.48 Å². The molecule has 6 heteroatoms. The van der Waals surface area contributed by atoms with Crippen molar-refractivity contribution >= 4 is 16.8 Å². The fourth-order valence-electron chi connectivity index (χ4n) is 3.53. The molecule has 0 bridgehead atoms. The van der Waals surface area contributed by atoms with E-state index in [9.17, 15) is 4.79 Å². The largest absolute Gasteiger partial charge is 0.361 e. The first-order chi connectivity index (χ1) is 11.7. The number of rotatable bonds is 4. The summed E-state index contributed by atoms with van der Waals surface area (Å²) in [5, 5.41) is 12.2. The van der Waals surface area contributed by atoms with E-state index in [2.05, 4.69) is 45.0 Å². The van der Waals surface area contributed by atoms with Gasteiger partial charge in [-0.15, -0.1) is 0 Å². The van der Waals surface area contributed by atoms with Gasteiger partial charge in [-0.25, -0.2) is 0 Å². The SMILES string of the molecule is Cn1nccc1[C@@H]1NC(=O)CC[C@H]1NCc1cccc2cc[nH]c12. The average Bonchev–Trinajstić information content (AvgIpc) is 3.22. The first kappa shape index (κ1) is 15.0. The summed E-state index contributed by atoms with van der Waals surface area (Å²) in [6.07, 6.45) is 5.11. The van der Waals surface area contributed by atoms with Crippen LogP contribution in [0.3, 0.4) is 0 Å². The molecule has 1 aliphatic rings. The summed E-state index contributed by atoms with van der Waals surface area (Å²) in [7, 11) is 1.91. The quantitative estimate of drug-likeness (QED) is 0.687. The van der Waals surface area contributed by atoms with Gasteiger partial charge < -0.3 is 15.6 Å². The van der Waals surface area contributed by atoms with E-state index in [1.807, 2.05) is 24.0 Å². The smallest absolute Gasteiger partial charge is 0.220 e. The van der Waals surface area contributed by atoms with E-state index in [0.717, 1.165) is 18.7 Å². The highest BCUT2D eigenvalue weighted by atomic mass is 16.1. The number of piperidine rings is 1. The zero-order valence-corrected chi connectivity index (χ0v) is 13.6. The van der Waals surface area contributed by atoms with E-state index in [1.54, 1.807) is 6.20 Å². The monoisotopic (exact) mass is 323 g/mol. The molecule has 24 heavy (non-hydrogen) atoms. The number of nitrogens with one attached hydrogen (secondary N) is 3. The fraction of sp³-hybridized carbons (Fsp3) is 0.333. The van der Waals surface area contributed by atoms with Crippen molar-refractivity contribution < 1.29 is 4.79 Å². The van der Waals surface area contributed by atoms with Crippen molar-refractivity contribution in [3.8, 4) is 0 Å². The second-order valence-corrected chi connectivity index (χ2v) is 6.31.